The molecule has 2 amide bonds. The number of carbonyl (C=O) groups is 2. The molecule has 2 atom stereocenters. The van der Waals surface area contributed by atoms with E-state index in [4.69, 9.17) is 11.6 Å². The quantitative estimate of drug-likeness (QED) is 0.770. The number of amides is 2. The van der Waals surface area contributed by atoms with E-state index in [1.165, 1.54) is 6.42 Å². The van der Waals surface area contributed by atoms with Crippen molar-refractivity contribution in [1.82, 2.24) is 10.6 Å². The molecule has 0 unspecified atom stereocenters. The van der Waals surface area contributed by atoms with Crippen LogP contribution in [0.15, 0.2) is 0 Å². The van der Waals surface area contributed by atoms with Crippen LogP contribution >= 0.6 is 11.6 Å². The summed E-state index contributed by atoms with van der Waals surface area (Å²) in [5, 5.41) is 5.32. The SMILES string of the molecule is CNC(=O)CNC(=O)C12C[C@@H]3C[C@H](CC(Cl)(C3)C1)C2. The molecular formula is C14H21ClN2O2. The molecule has 0 aromatic carbocycles. The molecule has 4 aliphatic rings. The molecule has 4 saturated carbocycles. The van der Waals surface area contributed by atoms with E-state index in [1.54, 1.807) is 7.05 Å². The van der Waals surface area contributed by atoms with Gasteiger partial charge >= 0.3 is 0 Å². The number of likely N-dealkylation sites (N-methyl/N-ethyl adjacent to an activating group) is 1. The average molecular weight is 285 g/mol. The Bertz CT molecular complexity index is 410. The summed E-state index contributed by atoms with van der Waals surface area (Å²) in [6, 6.07) is 0. The lowest BCUT2D eigenvalue weighted by atomic mass is 9.49. The number of carbonyl (C=O) groups excluding carboxylic acids is 2. The summed E-state index contributed by atoms with van der Waals surface area (Å²) in [6.45, 7) is 0.0711. The summed E-state index contributed by atoms with van der Waals surface area (Å²) in [5.41, 5.74) is -0.306. The summed E-state index contributed by atoms with van der Waals surface area (Å²) < 4.78 is 0. The van der Waals surface area contributed by atoms with Crippen LogP contribution in [-0.2, 0) is 9.59 Å². The smallest absolute Gasteiger partial charge is 0.239 e. The number of hydrogen-bond donors (Lipinski definition) is 2. The minimum absolute atomic E-state index is 0.0372. The summed E-state index contributed by atoms with van der Waals surface area (Å²) in [4.78, 5) is 23.6. The molecule has 0 heterocycles. The number of halogens is 1. The zero-order valence-corrected chi connectivity index (χ0v) is 12.1. The van der Waals surface area contributed by atoms with Crippen molar-refractivity contribution in [1.29, 1.82) is 0 Å². The van der Waals surface area contributed by atoms with Crippen LogP contribution in [0.1, 0.15) is 38.5 Å². The summed E-state index contributed by atoms with van der Waals surface area (Å²) in [5.74, 6) is 1.09. The molecule has 4 nitrogen and oxygen atoms in total. The second kappa shape index (κ2) is 4.37. The van der Waals surface area contributed by atoms with E-state index in [1.807, 2.05) is 0 Å². The van der Waals surface area contributed by atoms with Gasteiger partial charge in [-0.25, -0.2) is 0 Å². The molecule has 2 N–H and O–H groups in total. The van der Waals surface area contributed by atoms with Gasteiger partial charge < -0.3 is 10.6 Å². The van der Waals surface area contributed by atoms with E-state index in [2.05, 4.69) is 10.6 Å². The maximum atomic E-state index is 12.5. The first kappa shape index (κ1) is 13.2. The Balaban J connectivity index is 1.73. The lowest BCUT2D eigenvalue weighted by Gasteiger charge is -2.59. The van der Waals surface area contributed by atoms with Gasteiger partial charge in [0.1, 0.15) is 0 Å². The Morgan fingerprint density at radius 3 is 2.37 bits per heavy atom. The highest BCUT2D eigenvalue weighted by atomic mass is 35.5. The van der Waals surface area contributed by atoms with Crippen molar-refractivity contribution in [3.05, 3.63) is 0 Å². The van der Waals surface area contributed by atoms with Gasteiger partial charge in [0.15, 0.2) is 0 Å². The second-order valence-corrected chi connectivity index (χ2v) is 7.55. The topological polar surface area (TPSA) is 58.2 Å². The monoisotopic (exact) mass is 284 g/mol. The highest BCUT2D eigenvalue weighted by Crippen LogP contribution is 2.63. The van der Waals surface area contributed by atoms with Crippen LogP contribution in [0.25, 0.3) is 0 Å². The highest BCUT2D eigenvalue weighted by molar-refractivity contribution is 6.24. The normalized spacial score (nSPS) is 43.1. The molecule has 0 saturated heterocycles. The Morgan fingerprint density at radius 1 is 1.21 bits per heavy atom. The molecule has 106 valence electrons. The molecule has 19 heavy (non-hydrogen) atoms. The van der Waals surface area contributed by atoms with Crippen LogP contribution in [0.2, 0.25) is 0 Å². The van der Waals surface area contributed by atoms with Crippen LogP contribution in [0, 0.1) is 17.3 Å². The first-order chi connectivity index (χ1) is 8.95. The van der Waals surface area contributed by atoms with Gasteiger partial charge in [0.2, 0.25) is 11.8 Å². The Hall–Kier alpha value is -0.770. The second-order valence-electron chi connectivity index (χ2n) is 6.75. The van der Waals surface area contributed by atoms with Crippen molar-refractivity contribution in [3.63, 3.8) is 0 Å². The van der Waals surface area contributed by atoms with Crippen LogP contribution < -0.4 is 10.6 Å². The minimum atomic E-state index is -0.306. The number of nitrogens with one attached hydrogen (secondary N) is 2. The first-order valence-electron chi connectivity index (χ1n) is 7.13. The van der Waals surface area contributed by atoms with E-state index >= 15 is 0 Å². The fourth-order valence-corrected chi connectivity index (χ4v) is 5.55. The Labute approximate surface area is 118 Å². The minimum Gasteiger partial charge on any atom is -0.358 e. The molecule has 0 aromatic rings. The molecule has 0 aromatic heterocycles. The lowest BCUT2D eigenvalue weighted by Crippen LogP contribution is -2.59. The third-order valence-electron chi connectivity index (χ3n) is 5.16. The van der Waals surface area contributed by atoms with Gasteiger partial charge in [0.25, 0.3) is 0 Å². The van der Waals surface area contributed by atoms with Crippen LogP contribution in [-0.4, -0.2) is 30.3 Å². The van der Waals surface area contributed by atoms with E-state index in [-0.39, 0.29) is 28.6 Å². The third kappa shape index (κ3) is 2.24. The van der Waals surface area contributed by atoms with Gasteiger partial charge in [-0.3, -0.25) is 9.59 Å². The van der Waals surface area contributed by atoms with Crippen molar-refractivity contribution in [2.75, 3.05) is 13.6 Å². The predicted octanol–water partition coefficient (Wildman–Crippen LogP) is 1.43. The van der Waals surface area contributed by atoms with E-state index < -0.39 is 0 Å². The molecule has 4 rings (SSSR count). The molecule has 4 bridgehead atoms. The number of hydrogen-bond acceptors (Lipinski definition) is 2. The van der Waals surface area contributed by atoms with Gasteiger partial charge in [-0.15, -0.1) is 11.6 Å². The van der Waals surface area contributed by atoms with Crippen molar-refractivity contribution >= 4 is 23.4 Å². The highest BCUT2D eigenvalue weighted by Gasteiger charge is 2.59. The maximum absolute atomic E-state index is 12.5. The molecule has 4 aliphatic carbocycles. The van der Waals surface area contributed by atoms with Crippen molar-refractivity contribution in [2.45, 2.75) is 43.4 Å². The van der Waals surface area contributed by atoms with E-state index in [0.29, 0.717) is 11.8 Å². The van der Waals surface area contributed by atoms with Crippen LogP contribution in [0.4, 0.5) is 0 Å². The van der Waals surface area contributed by atoms with Crippen molar-refractivity contribution in [2.24, 2.45) is 17.3 Å². The van der Waals surface area contributed by atoms with Gasteiger partial charge in [0.05, 0.1) is 12.0 Å². The van der Waals surface area contributed by atoms with Crippen molar-refractivity contribution < 1.29 is 9.59 Å². The molecular weight excluding hydrogens is 264 g/mol. The summed E-state index contributed by atoms with van der Waals surface area (Å²) in [6.07, 6.45) is 6.06. The fourth-order valence-electron chi connectivity index (χ4n) is 4.85. The predicted molar refractivity (Wildman–Crippen MR) is 72.8 cm³/mol. The zero-order chi connectivity index (χ0) is 13.7. The average Bonchev–Trinajstić information content (AvgIpc) is 2.32. The lowest BCUT2D eigenvalue weighted by molar-refractivity contribution is -0.145. The Kier molecular flexibility index (Phi) is 3.04. The largest absolute Gasteiger partial charge is 0.358 e. The van der Waals surface area contributed by atoms with Crippen molar-refractivity contribution in [3.8, 4) is 0 Å². The van der Waals surface area contributed by atoms with E-state index in [0.717, 1.165) is 32.1 Å². The third-order valence-corrected chi connectivity index (χ3v) is 5.60. The van der Waals surface area contributed by atoms with Crippen LogP contribution in [0.5, 0.6) is 0 Å². The van der Waals surface area contributed by atoms with Gasteiger partial charge in [-0.2, -0.15) is 0 Å². The zero-order valence-electron chi connectivity index (χ0n) is 11.3. The molecule has 0 aliphatic heterocycles. The summed E-state index contributed by atoms with van der Waals surface area (Å²) >= 11 is 6.70. The molecule has 0 spiro atoms. The standard InChI is InChI=1S/C14H21ClN2O2/c1-16-11(18)7-17-12(19)13-3-9-2-10(4-13)6-14(15,5-9)8-13/h9-10H,2-8H2,1H3,(H,16,18)(H,17,19)/t9-,10-,13?,14?/m0/s1. The molecule has 0 radical (unpaired) electrons. The van der Waals surface area contributed by atoms with E-state index in [9.17, 15) is 9.59 Å². The van der Waals surface area contributed by atoms with Crippen LogP contribution in [0.3, 0.4) is 0 Å². The number of rotatable bonds is 3. The van der Waals surface area contributed by atoms with Gasteiger partial charge in [-0.1, -0.05) is 0 Å². The van der Waals surface area contributed by atoms with Gasteiger partial charge in [-0.05, 0) is 50.4 Å². The Morgan fingerprint density at radius 2 is 1.84 bits per heavy atom. The maximum Gasteiger partial charge on any atom is 0.239 e. The van der Waals surface area contributed by atoms with Gasteiger partial charge in [0, 0.05) is 11.9 Å². The number of alkyl halides is 1. The fraction of sp³-hybridized carbons (Fsp3) is 0.857. The molecule has 4 fully saturated rings. The molecule has 5 heteroatoms. The first-order valence-corrected chi connectivity index (χ1v) is 7.50. The summed E-state index contributed by atoms with van der Waals surface area (Å²) in [7, 11) is 1.58.